The summed E-state index contributed by atoms with van der Waals surface area (Å²) in [7, 11) is 0. The van der Waals surface area contributed by atoms with E-state index in [1.807, 2.05) is 6.92 Å². The van der Waals surface area contributed by atoms with Crippen LogP contribution in [0.5, 0.6) is 0 Å². The molecular weight excluding hydrogens is 133 g/mol. The van der Waals surface area contributed by atoms with E-state index in [2.05, 4.69) is 5.32 Å². The van der Waals surface area contributed by atoms with Gasteiger partial charge >= 0.3 is 0 Å². The number of hydrogen-bond donors (Lipinski definition) is 1. The Kier molecular flexibility index (Phi) is 3.09. The first-order valence-electron chi connectivity index (χ1n) is 3.81. The second-order valence-electron chi connectivity index (χ2n) is 2.54. The standard InChI is InChI=1S/C7H14FNO/c1-2-7-6(8)5-9-3-4-10-7/h6-7,9H,2-5H2,1H3. The quantitative estimate of drug-likeness (QED) is 0.590. The van der Waals surface area contributed by atoms with Gasteiger partial charge in [-0.05, 0) is 6.42 Å². The summed E-state index contributed by atoms with van der Waals surface area (Å²) in [6.45, 7) is 3.80. The van der Waals surface area contributed by atoms with Crippen molar-refractivity contribution in [3.8, 4) is 0 Å². The van der Waals surface area contributed by atoms with Gasteiger partial charge < -0.3 is 10.1 Å². The lowest BCUT2D eigenvalue weighted by molar-refractivity contribution is 0.0154. The van der Waals surface area contributed by atoms with Crippen LogP contribution in [0.15, 0.2) is 0 Å². The minimum absolute atomic E-state index is 0.185. The van der Waals surface area contributed by atoms with Crippen LogP contribution in [0.25, 0.3) is 0 Å². The van der Waals surface area contributed by atoms with Crippen LogP contribution >= 0.6 is 0 Å². The molecule has 1 fully saturated rings. The minimum atomic E-state index is -0.826. The van der Waals surface area contributed by atoms with E-state index in [1.165, 1.54) is 0 Å². The third-order valence-corrected chi connectivity index (χ3v) is 1.76. The zero-order valence-electron chi connectivity index (χ0n) is 6.27. The van der Waals surface area contributed by atoms with Gasteiger partial charge in [0, 0.05) is 13.1 Å². The van der Waals surface area contributed by atoms with Gasteiger partial charge in [0.2, 0.25) is 0 Å². The van der Waals surface area contributed by atoms with Crippen molar-refractivity contribution < 1.29 is 9.13 Å². The molecule has 10 heavy (non-hydrogen) atoms. The van der Waals surface area contributed by atoms with E-state index in [-0.39, 0.29) is 6.10 Å². The summed E-state index contributed by atoms with van der Waals surface area (Å²) < 4.78 is 18.1. The highest BCUT2D eigenvalue weighted by atomic mass is 19.1. The Morgan fingerprint density at radius 3 is 3.20 bits per heavy atom. The maximum Gasteiger partial charge on any atom is 0.138 e. The lowest BCUT2D eigenvalue weighted by Crippen LogP contribution is -2.29. The van der Waals surface area contributed by atoms with Crippen LogP contribution in [0.3, 0.4) is 0 Å². The summed E-state index contributed by atoms with van der Waals surface area (Å²) >= 11 is 0. The van der Waals surface area contributed by atoms with E-state index in [4.69, 9.17) is 4.74 Å². The molecule has 60 valence electrons. The predicted molar refractivity (Wildman–Crippen MR) is 37.8 cm³/mol. The van der Waals surface area contributed by atoms with E-state index in [0.29, 0.717) is 13.2 Å². The third-order valence-electron chi connectivity index (χ3n) is 1.76. The van der Waals surface area contributed by atoms with Crippen LogP contribution in [0.2, 0.25) is 0 Å². The van der Waals surface area contributed by atoms with Gasteiger partial charge in [-0.25, -0.2) is 4.39 Å². The Bertz CT molecular complexity index is 99.6. The Morgan fingerprint density at radius 1 is 1.70 bits per heavy atom. The molecule has 2 nitrogen and oxygen atoms in total. The van der Waals surface area contributed by atoms with Gasteiger partial charge in [0.1, 0.15) is 6.17 Å². The highest BCUT2D eigenvalue weighted by Crippen LogP contribution is 2.09. The van der Waals surface area contributed by atoms with E-state index in [0.717, 1.165) is 13.0 Å². The molecule has 1 aliphatic heterocycles. The van der Waals surface area contributed by atoms with E-state index < -0.39 is 6.17 Å². The molecule has 0 aromatic heterocycles. The van der Waals surface area contributed by atoms with Gasteiger partial charge in [0.05, 0.1) is 12.7 Å². The lowest BCUT2D eigenvalue weighted by Gasteiger charge is -2.15. The molecule has 0 radical (unpaired) electrons. The number of ether oxygens (including phenoxy) is 1. The monoisotopic (exact) mass is 147 g/mol. The topological polar surface area (TPSA) is 21.3 Å². The molecule has 1 saturated heterocycles. The van der Waals surface area contributed by atoms with Gasteiger partial charge in [-0.2, -0.15) is 0 Å². The zero-order chi connectivity index (χ0) is 7.40. The van der Waals surface area contributed by atoms with Gasteiger partial charge in [-0.3, -0.25) is 0 Å². The Hall–Kier alpha value is -0.150. The molecule has 1 rings (SSSR count). The largest absolute Gasteiger partial charge is 0.374 e. The molecule has 1 N–H and O–H groups in total. The molecule has 1 aliphatic rings. The lowest BCUT2D eigenvalue weighted by atomic mass is 10.2. The van der Waals surface area contributed by atoms with Crippen LogP contribution in [0.1, 0.15) is 13.3 Å². The summed E-state index contributed by atoms with van der Waals surface area (Å²) in [6.07, 6.45) is -0.245. The van der Waals surface area contributed by atoms with Crippen LogP contribution < -0.4 is 5.32 Å². The van der Waals surface area contributed by atoms with Crippen molar-refractivity contribution >= 4 is 0 Å². The van der Waals surface area contributed by atoms with Crippen LogP contribution in [-0.4, -0.2) is 32.0 Å². The number of rotatable bonds is 1. The molecule has 0 spiro atoms. The van der Waals surface area contributed by atoms with Crippen molar-refractivity contribution in [3.63, 3.8) is 0 Å². The molecule has 0 aliphatic carbocycles. The number of alkyl halides is 1. The highest BCUT2D eigenvalue weighted by molar-refractivity contribution is 4.73. The Balaban J connectivity index is 2.35. The first kappa shape index (κ1) is 7.95. The summed E-state index contributed by atoms with van der Waals surface area (Å²) in [5, 5.41) is 2.96. The SMILES string of the molecule is CCC1OCCNCC1F. The van der Waals surface area contributed by atoms with E-state index in [9.17, 15) is 4.39 Å². The Labute approximate surface area is 60.8 Å². The molecule has 0 aromatic carbocycles. The summed E-state index contributed by atoms with van der Waals surface area (Å²) in [5.74, 6) is 0. The second kappa shape index (κ2) is 3.88. The normalized spacial score (nSPS) is 35.4. The van der Waals surface area contributed by atoms with Gasteiger partial charge in [0.25, 0.3) is 0 Å². The van der Waals surface area contributed by atoms with E-state index in [1.54, 1.807) is 0 Å². The summed E-state index contributed by atoms with van der Waals surface area (Å²) in [4.78, 5) is 0. The zero-order valence-corrected chi connectivity index (χ0v) is 6.27. The van der Waals surface area contributed by atoms with Crippen molar-refractivity contribution in [1.29, 1.82) is 0 Å². The summed E-state index contributed by atoms with van der Waals surface area (Å²) in [5.41, 5.74) is 0. The molecule has 0 bridgehead atoms. The first-order chi connectivity index (χ1) is 4.84. The minimum Gasteiger partial charge on any atom is -0.374 e. The molecule has 0 saturated carbocycles. The molecule has 1 heterocycles. The maximum atomic E-state index is 12.9. The van der Waals surface area contributed by atoms with Gasteiger partial charge in [0.15, 0.2) is 0 Å². The average molecular weight is 147 g/mol. The fraction of sp³-hybridized carbons (Fsp3) is 1.00. The molecule has 0 aromatic rings. The van der Waals surface area contributed by atoms with Crippen LogP contribution in [0, 0.1) is 0 Å². The maximum absolute atomic E-state index is 12.9. The number of nitrogens with one attached hydrogen (secondary N) is 1. The number of hydrogen-bond acceptors (Lipinski definition) is 2. The predicted octanol–water partition coefficient (Wildman–Crippen LogP) is 0.723. The Morgan fingerprint density at radius 2 is 2.50 bits per heavy atom. The van der Waals surface area contributed by atoms with Crippen molar-refractivity contribution in [1.82, 2.24) is 5.32 Å². The fourth-order valence-corrected chi connectivity index (χ4v) is 1.13. The molecule has 3 heteroatoms. The smallest absolute Gasteiger partial charge is 0.138 e. The fourth-order valence-electron chi connectivity index (χ4n) is 1.13. The third kappa shape index (κ3) is 1.92. The average Bonchev–Trinajstić information content (AvgIpc) is 2.13. The molecule has 2 unspecified atom stereocenters. The van der Waals surface area contributed by atoms with Crippen molar-refractivity contribution in [2.24, 2.45) is 0 Å². The molecule has 2 atom stereocenters. The first-order valence-corrected chi connectivity index (χ1v) is 3.81. The van der Waals surface area contributed by atoms with Crippen LogP contribution in [0.4, 0.5) is 4.39 Å². The van der Waals surface area contributed by atoms with Crippen LogP contribution in [-0.2, 0) is 4.74 Å². The van der Waals surface area contributed by atoms with E-state index >= 15 is 0 Å². The van der Waals surface area contributed by atoms with Crippen molar-refractivity contribution in [2.75, 3.05) is 19.7 Å². The van der Waals surface area contributed by atoms with Crippen molar-refractivity contribution in [2.45, 2.75) is 25.6 Å². The second-order valence-corrected chi connectivity index (χ2v) is 2.54. The number of halogens is 1. The highest BCUT2D eigenvalue weighted by Gasteiger charge is 2.21. The van der Waals surface area contributed by atoms with Crippen molar-refractivity contribution in [3.05, 3.63) is 0 Å². The van der Waals surface area contributed by atoms with Gasteiger partial charge in [-0.1, -0.05) is 6.92 Å². The summed E-state index contributed by atoms with van der Waals surface area (Å²) in [6, 6.07) is 0. The van der Waals surface area contributed by atoms with Gasteiger partial charge in [-0.15, -0.1) is 0 Å². The molecular formula is C7H14FNO. The molecule has 0 amide bonds.